The second kappa shape index (κ2) is 12.3. The fourth-order valence-corrected chi connectivity index (χ4v) is 4.94. The molecule has 7 heteroatoms. The van der Waals surface area contributed by atoms with E-state index in [1.165, 1.54) is 5.69 Å². The third-order valence-electron chi connectivity index (χ3n) is 6.79. The minimum Gasteiger partial charge on any atom is -0.369 e. The zero-order valence-electron chi connectivity index (χ0n) is 20.4. The van der Waals surface area contributed by atoms with Crippen molar-refractivity contribution in [2.24, 2.45) is 5.92 Å². The average molecular weight is 485 g/mol. The van der Waals surface area contributed by atoms with Crippen LogP contribution in [0.15, 0.2) is 54.6 Å². The molecule has 0 aromatic heterocycles. The molecule has 2 aromatic carbocycles. The van der Waals surface area contributed by atoms with Gasteiger partial charge in [0.25, 0.3) is 0 Å². The predicted octanol–water partition coefficient (Wildman–Crippen LogP) is 3.81. The quantitative estimate of drug-likeness (QED) is 0.506. The lowest BCUT2D eigenvalue weighted by atomic mass is 9.87. The summed E-state index contributed by atoms with van der Waals surface area (Å²) in [5.41, 5.74) is 2.76. The van der Waals surface area contributed by atoms with Crippen LogP contribution in [-0.4, -0.2) is 81.4 Å². The number of carbonyl (C=O) groups is 2. The summed E-state index contributed by atoms with van der Waals surface area (Å²) < 4.78 is 0. The first kappa shape index (κ1) is 26.2. The van der Waals surface area contributed by atoms with E-state index in [-0.39, 0.29) is 24.1 Å². The fraction of sp³-hybridized carbons (Fsp3) is 0.481. The van der Waals surface area contributed by atoms with Crippen molar-refractivity contribution in [3.05, 3.63) is 60.2 Å². The van der Waals surface area contributed by atoms with E-state index in [1.807, 2.05) is 43.3 Å². The number of anilines is 2. The molecule has 1 saturated heterocycles. The monoisotopic (exact) mass is 484 g/mol. The minimum absolute atomic E-state index is 0. The van der Waals surface area contributed by atoms with Gasteiger partial charge in [0, 0.05) is 44.0 Å². The number of rotatable bonds is 9. The zero-order chi connectivity index (χ0) is 23.2. The van der Waals surface area contributed by atoms with E-state index < -0.39 is 5.92 Å². The molecule has 2 heterocycles. The Kier molecular flexibility index (Phi) is 9.51. The summed E-state index contributed by atoms with van der Waals surface area (Å²) in [5, 5.41) is 0. The summed E-state index contributed by atoms with van der Waals surface area (Å²) in [4.78, 5) is 35.3. The number of nitrogens with zero attached hydrogens (tertiary/aromatic N) is 4. The molecule has 0 spiro atoms. The van der Waals surface area contributed by atoms with Crippen LogP contribution in [0.4, 0.5) is 11.4 Å². The van der Waals surface area contributed by atoms with Gasteiger partial charge in [-0.15, -0.1) is 12.4 Å². The first-order chi connectivity index (χ1) is 16.0. The number of fused-ring (bicyclic) bond motifs is 1. The summed E-state index contributed by atoms with van der Waals surface area (Å²) in [5.74, 6) is -0.579. The van der Waals surface area contributed by atoms with Gasteiger partial charge < -0.3 is 14.7 Å². The molecule has 2 aromatic rings. The van der Waals surface area contributed by atoms with Crippen LogP contribution in [-0.2, 0) is 4.79 Å². The Morgan fingerprint density at radius 3 is 2.24 bits per heavy atom. The summed E-state index contributed by atoms with van der Waals surface area (Å²) in [6.07, 6.45) is 2.37. The molecule has 0 saturated carbocycles. The standard InChI is InChI=1S/C27H36N4O2.ClH/c1-28(2)15-9-17-31-25-14-7-6-12-23(25)26(32)24(27(31)33)13-8-16-29-18-20-30(21-19-29)22-10-4-3-5-11-22;/h3-7,10-12,14,24H,8-9,13,15-21H2,1-2H3;1H. The van der Waals surface area contributed by atoms with Gasteiger partial charge >= 0.3 is 0 Å². The van der Waals surface area contributed by atoms with Gasteiger partial charge in [0.1, 0.15) is 5.92 Å². The van der Waals surface area contributed by atoms with Crippen molar-refractivity contribution in [3.63, 3.8) is 0 Å². The largest absolute Gasteiger partial charge is 0.369 e. The molecule has 34 heavy (non-hydrogen) atoms. The van der Waals surface area contributed by atoms with Gasteiger partial charge in [-0.2, -0.15) is 0 Å². The zero-order valence-corrected chi connectivity index (χ0v) is 21.2. The van der Waals surface area contributed by atoms with Gasteiger partial charge in [0.15, 0.2) is 5.78 Å². The van der Waals surface area contributed by atoms with Crippen LogP contribution < -0.4 is 9.80 Å². The molecule has 1 atom stereocenters. The molecule has 6 nitrogen and oxygen atoms in total. The van der Waals surface area contributed by atoms with Crippen LogP contribution in [0.3, 0.4) is 0 Å². The number of hydrogen-bond acceptors (Lipinski definition) is 5. The van der Waals surface area contributed by atoms with E-state index in [9.17, 15) is 9.59 Å². The van der Waals surface area contributed by atoms with Crippen LogP contribution in [0.1, 0.15) is 29.6 Å². The Morgan fingerprint density at radius 2 is 1.53 bits per heavy atom. The Morgan fingerprint density at radius 1 is 0.853 bits per heavy atom. The number of amides is 1. The highest BCUT2D eigenvalue weighted by Gasteiger charge is 2.38. The van der Waals surface area contributed by atoms with Crippen molar-refractivity contribution in [3.8, 4) is 0 Å². The summed E-state index contributed by atoms with van der Waals surface area (Å²) in [7, 11) is 4.08. The highest BCUT2D eigenvalue weighted by atomic mass is 35.5. The molecular formula is C27H37ClN4O2. The van der Waals surface area contributed by atoms with Crippen molar-refractivity contribution < 1.29 is 9.59 Å². The molecule has 2 aliphatic heterocycles. The molecular weight excluding hydrogens is 448 g/mol. The number of hydrogen-bond donors (Lipinski definition) is 0. The number of para-hydroxylation sites is 2. The number of piperazine rings is 1. The number of halogens is 1. The lowest BCUT2D eigenvalue weighted by Crippen LogP contribution is -2.47. The number of carbonyl (C=O) groups excluding carboxylic acids is 2. The van der Waals surface area contributed by atoms with E-state index >= 15 is 0 Å². The van der Waals surface area contributed by atoms with Crippen molar-refractivity contribution >= 4 is 35.5 Å². The Hall–Kier alpha value is -2.41. The van der Waals surface area contributed by atoms with Crippen LogP contribution in [0.25, 0.3) is 0 Å². The van der Waals surface area contributed by atoms with Crippen molar-refractivity contribution in [1.82, 2.24) is 9.80 Å². The average Bonchev–Trinajstić information content (AvgIpc) is 2.84. The van der Waals surface area contributed by atoms with Gasteiger partial charge in [-0.3, -0.25) is 14.5 Å². The van der Waals surface area contributed by atoms with E-state index in [0.29, 0.717) is 18.5 Å². The highest BCUT2D eigenvalue weighted by molar-refractivity contribution is 6.21. The molecule has 0 radical (unpaired) electrons. The summed E-state index contributed by atoms with van der Waals surface area (Å²) in [6, 6.07) is 18.1. The van der Waals surface area contributed by atoms with E-state index in [4.69, 9.17) is 0 Å². The third kappa shape index (κ3) is 6.17. The minimum atomic E-state index is -0.551. The Balaban J connectivity index is 0.00000324. The SMILES string of the molecule is CN(C)CCCN1C(=O)C(CCCN2CCN(c3ccccc3)CC2)C(=O)c2ccccc21.Cl. The van der Waals surface area contributed by atoms with Crippen LogP contribution >= 0.6 is 12.4 Å². The maximum Gasteiger partial charge on any atom is 0.237 e. The van der Waals surface area contributed by atoms with Crippen molar-refractivity contribution in [2.45, 2.75) is 19.3 Å². The molecule has 1 amide bonds. The Labute approximate surface area is 209 Å². The third-order valence-corrected chi connectivity index (χ3v) is 6.79. The van der Waals surface area contributed by atoms with Gasteiger partial charge in [-0.1, -0.05) is 30.3 Å². The molecule has 1 unspecified atom stereocenters. The summed E-state index contributed by atoms with van der Waals surface area (Å²) >= 11 is 0. The molecule has 0 aliphatic carbocycles. The molecule has 0 N–H and O–H groups in total. The van der Waals surface area contributed by atoms with Crippen LogP contribution in [0.5, 0.6) is 0 Å². The lowest BCUT2D eigenvalue weighted by Gasteiger charge is -2.37. The maximum absolute atomic E-state index is 13.3. The molecule has 0 bridgehead atoms. The van der Waals surface area contributed by atoms with E-state index in [1.54, 1.807) is 0 Å². The maximum atomic E-state index is 13.3. The van der Waals surface area contributed by atoms with E-state index in [2.05, 4.69) is 45.0 Å². The van der Waals surface area contributed by atoms with Crippen molar-refractivity contribution in [1.29, 1.82) is 0 Å². The molecule has 2 aliphatic rings. The topological polar surface area (TPSA) is 47.1 Å². The van der Waals surface area contributed by atoms with Crippen LogP contribution in [0.2, 0.25) is 0 Å². The Bertz CT molecular complexity index is 945. The van der Waals surface area contributed by atoms with E-state index in [0.717, 1.165) is 57.8 Å². The lowest BCUT2D eigenvalue weighted by molar-refractivity contribution is -0.121. The predicted molar refractivity (Wildman–Crippen MR) is 141 cm³/mol. The fourth-order valence-electron chi connectivity index (χ4n) is 4.94. The first-order valence-corrected chi connectivity index (χ1v) is 12.2. The summed E-state index contributed by atoms with van der Waals surface area (Å²) in [6.45, 7) is 6.55. The number of Topliss-reactive ketones (excluding diaryl/α,β-unsaturated/α-hetero) is 1. The number of ketones is 1. The van der Waals surface area contributed by atoms with Gasteiger partial charge in [-0.05, 0) is 70.7 Å². The van der Waals surface area contributed by atoms with Crippen molar-refractivity contribution in [2.75, 3.05) is 69.7 Å². The smallest absolute Gasteiger partial charge is 0.237 e. The molecule has 1 fully saturated rings. The second-order valence-electron chi connectivity index (χ2n) is 9.39. The first-order valence-electron chi connectivity index (χ1n) is 12.2. The van der Waals surface area contributed by atoms with Gasteiger partial charge in [-0.25, -0.2) is 0 Å². The van der Waals surface area contributed by atoms with Crippen LogP contribution in [0, 0.1) is 5.92 Å². The molecule has 4 rings (SSSR count). The number of benzene rings is 2. The second-order valence-corrected chi connectivity index (χ2v) is 9.39. The normalized spacial score (nSPS) is 18.7. The van der Waals surface area contributed by atoms with Gasteiger partial charge in [0.2, 0.25) is 5.91 Å². The molecule has 184 valence electrons. The van der Waals surface area contributed by atoms with Gasteiger partial charge in [0.05, 0.1) is 5.69 Å². The highest BCUT2D eigenvalue weighted by Crippen LogP contribution is 2.32.